The highest BCUT2D eigenvalue weighted by Crippen LogP contribution is 2.71. The second-order valence-electron chi connectivity index (χ2n) is 33.4. The number of fused-ring (bicyclic) bond motifs is 13. The normalized spacial score (nSPS) is 25.0. The third-order valence-corrected chi connectivity index (χ3v) is 27.9. The molecule has 7 fully saturated rings. The first kappa shape index (κ1) is 85.5. The Labute approximate surface area is 636 Å². The molecule has 21 heteroatoms. The maximum atomic E-state index is 13.0. The Kier molecular flexibility index (Phi) is 27.5. The molecule has 6 bridgehead atoms. The summed E-state index contributed by atoms with van der Waals surface area (Å²) in [6.07, 6.45) is 11.4. The van der Waals surface area contributed by atoms with Crippen molar-refractivity contribution in [3.8, 4) is 16.4 Å². The summed E-state index contributed by atoms with van der Waals surface area (Å²) in [5.74, 6) is 5.49. The molecule has 4 aromatic carbocycles. The topological polar surface area (TPSA) is 243 Å². The molecular formula is C86H118F2N2O15S2. The van der Waals surface area contributed by atoms with Crippen molar-refractivity contribution in [1.82, 2.24) is 4.98 Å². The minimum atomic E-state index is -5.86. The Morgan fingerprint density at radius 3 is 1.74 bits per heavy atom. The van der Waals surface area contributed by atoms with E-state index < -0.39 is 55.9 Å². The number of aromatic nitrogens is 1. The van der Waals surface area contributed by atoms with Crippen LogP contribution in [0.15, 0.2) is 121 Å². The molecule has 0 spiro atoms. The summed E-state index contributed by atoms with van der Waals surface area (Å²) < 4.78 is 92.8. The molecule has 17 nitrogen and oxygen atoms in total. The molecule has 2 N–H and O–H groups in total. The van der Waals surface area contributed by atoms with Gasteiger partial charge in [-0.05, 0) is 248 Å². The average molecular weight is 1520 g/mol. The van der Waals surface area contributed by atoms with Crippen molar-refractivity contribution >= 4 is 76.4 Å². The molecular weight excluding hydrogens is 1400 g/mol. The maximum Gasteiger partial charge on any atom is 0.369 e. The van der Waals surface area contributed by atoms with E-state index >= 15 is 0 Å². The summed E-state index contributed by atoms with van der Waals surface area (Å²) in [6, 6.07) is 40.0. The largest absolute Gasteiger partial charge is 0.743 e. The fourth-order valence-corrected chi connectivity index (χ4v) is 18.2. The molecule has 3 saturated heterocycles. The molecule has 4 saturated carbocycles. The van der Waals surface area contributed by atoms with Crippen LogP contribution in [0.25, 0.3) is 25.1 Å². The number of pyridine rings is 1. The molecule has 0 radical (unpaired) electrons. The number of esters is 4. The predicted molar refractivity (Wildman–Crippen MR) is 416 cm³/mol. The third-order valence-electron chi connectivity index (χ3n) is 24.5. The van der Waals surface area contributed by atoms with Gasteiger partial charge in [0.05, 0.1) is 28.3 Å². The number of nitrogens with zero attached hydrogens (tertiary/aromatic N) is 1. The minimum Gasteiger partial charge on any atom is -0.743 e. The highest BCUT2D eigenvalue weighted by molar-refractivity contribution is 7.86. The summed E-state index contributed by atoms with van der Waals surface area (Å²) in [4.78, 5) is 64.8. The van der Waals surface area contributed by atoms with Gasteiger partial charge in [0.2, 0.25) is 5.91 Å². The molecule has 588 valence electrons. The molecule has 4 aliphatic carbocycles. The van der Waals surface area contributed by atoms with Gasteiger partial charge in [-0.3, -0.25) is 24.0 Å². The summed E-state index contributed by atoms with van der Waals surface area (Å²) in [5.41, 5.74) is -1.12. The number of anilines is 1. The summed E-state index contributed by atoms with van der Waals surface area (Å²) >= 11 is 0. The van der Waals surface area contributed by atoms with E-state index in [1.807, 2.05) is 55.4 Å². The molecule has 107 heavy (non-hydrogen) atoms. The highest BCUT2D eigenvalue weighted by Gasteiger charge is 2.68. The van der Waals surface area contributed by atoms with Crippen LogP contribution in [-0.4, -0.2) is 99.8 Å². The number of thiophene rings is 1. The monoisotopic (exact) mass is 1520 g/mol. The number of nitrogens with one attached hydrogen (secondary N) is 1. The number of carbonyl (C=O) groups is 5. The Morgan fingerprint density at radius 2 is 1.21 bits per heavy atom. The van der Waals surface area contributed by atoms with Crippen LogP contribution in [-0.2, 0) is 57.8 Å². The third kappa shape index (κ3) is 19.0. The number of carbonyl (C=O) groups excluding carboxylic acids is 5. The number of benzene rings is 4. The SMILES string of the molecule is CCC(C)(C)C(=O)Nc1ncccc1O.CCC(C)(C)C(=O)OC(C)C(F)(F)S(=O)(=O)[O-].CCC(C)(C)C(=O)OC1(CC)CC2CC1C1C3CCC(C3)C21.CCC(C)(C)C(=O)OC1C2CC3C(=O)OC1C3O2.CCC(C)c1ccc(OC(C)(C)CC)cc1.c1ccc(-[s+]2c3ccccc3c3ccccc32)cc1. The highest BCUT2D eigenvalue weighted by atomic mass is 32.2. The second kappa shape index (κ2) is 34.5. The van der Waals surface area contributed by atoms with E-state index in [2.05, 4.69) is 167 Å². The van der Waals surface area contributed by atoms with Crippen molar-refractivity contribution in [2.24, 2.45) is 63.1 Å². The first-order chi connectivity index (χ1) is 50.1. The van der Waals surface area contributed by atoms with Gasteiger partial charge in [0.15, 0.2) is 54.3 Å². The number of hydrogen-bond acceptors (Lipinski definition) is 16. The maximum absolute atomic E-state index is 13.0. The number of alkyl halides is 2. The Balaban J connectivity index is 0.000000163. The Morgan fingerprint density at radius 1 is 0.664 bits per heavy atom. The van der Waals surface area contributed by atoms with Crippen LogP contribution in [0.4, 0.5) is 14.6 Å². The quantitative estimate of drug-likeness (QED) is 0.0224. The molecule has 2 aromatic heterocycles. The van der Waals surface area contributed by atoms with Gasteiger partial charge in [0, 0.05) is 38.8 Å². The molecule has 14 unspecified atom stereocenters. The summed E-state index contributed by atoms with van der Waals surface area (Å²) in [5, 5.41) is 10.2. The molecule has 1 amide bonds. The van der Waals surface area contributed by atoms with Crippen molar-refractivity contribution in [1.29, 1.82) is 0 Å². The van der Waals surface area contributed by atoms with Gasteiger partial charge in [0.1, 0.15) is 23.1 Å². The van der Waals surface area contributed by atoms with Crippen molar-refractivity contribution in [2.45, 2.75) is 268 Å². The smallest absolute Gasteiger partial charge is 0.369 e. The number of rotatable bonds is 21. The molecule has 7 aliphatic rings. The zero-order chi connectivity index (χ0) is 79.2. The van der Waals surface area contributed by atoms with E-state index in [9.17, 15) is 50.8 Å². The average Bonchev–Trinajstić information content (AvgIpc) is 1.53. The lowest BCUT2D eigenvalue weighted by molar-refractivity contribution is -0.183. The van der Waals surface area contributed by atoms with E-state index in [0.717, 1.165) is 67.4 Å². The van der Waals surface area contributed by atoms with E-state index in [0.29, 0.717) is 38.0 Å². The van der Waals surface area contributed by atoms with Crippen molar-refractivity contribution < 1.29 is 79.3 Å². The van der Waals surface area contributed by atoms with Crippen LogP contribution in [0.3, 0.4) is 0 Å². The molecule has 13 rings (SSSR count). The lowest BCUT2D eigenvalue weighted by atomic mass is 9.65. The van der Waals surface area contributed by atoms with E-state index in [-0.39, 0.29) is 80.6 Å². The van der Waals surface area contributed by atoms with Crippen molar-refractivity contribution in [2.75, 3.05) is 5.32 Å². The molecule has 6 aromatic rings. The van der Waals surface area contributed by atoms with Gasteiger partial charge < -0.3 is 43.4 Å². The molecule has 5 heterocycles. The number of aromatic hydroxyl groups is 1. The summed E-state index contributed by atoms with van der Waals surface area (Å²) in [6.45, 7) is 35.8. The zero-order valence-corrected chi connectivity index (χ0v) is 68.1. The fraction of sp³-hybridized carbons (Fsp3) is 0.605. The first-order valence-electron chi connectivity index (χ1n) is 38.7. The van der Waals surface area contributed by atoms with Crippen molar-refractivity contribution in [3.63, 3.8) is 0 Å². The van der Waals surface area contributed by atoms with E-state index in [4.69, 9.17) is 23.7 Å². The Hall–Kier alpha value is -7.07. The van der Waals surface area contributed by atoms with E-state index in [1.165, 1.54) is 88.8 Å². The van der Waals surface area contributed by atoms with Gasteiger partial charge in [-0.1, -0.05) is 124 Å². The second-order valence-corrected chi connectivity index (χ2v) is 36.8. The lowest BCUT2D eigenvalue weighted by Crippen LogP contribution is -2.49. The van der Waals surface area contributed by atoms with Gasteiger partial charge in [-0.15, -0.1) is 0 Å². The standard InChI is InChI=1S/C20H32O2.C18H13S.C15H24O.C13H18O5.C11H16N2O2.C9H16F2O5S/c1-5-19(3,4)18(21)22-20(6-2)11-14-10-15(20)17-13-8-7-12(9-13)16(14)17;1-2-8-14(9-3-1)19-17-12-6-4-10-15(17)16-11-5-7-13-18(16)19;1-6-12(3)13-8-10-14(11-9-13)16-15(4,5)7-2;1-4-13(2,3)12(15)18-9-7-5-6-8(16-7)10(9)17-11(6)14;1-4-11(2,3)10(15)13-9-8(14)6-5-7-12-9;1-5-8(3,4)7(12)16-6(2)9(10,11)17(13,14)15/h12-17H,5-11H2,1-4H3;1-13H;8-12H,6-7H2,1-5H3;6-10H,4-5H2,1-3H3;5-7,14H,4H2,1-3H3,(H,12,13,15);6H,5H2,1-4H3,(H,13,14,15)/q;+1;;;;/p-1. The van der Waals surface area contributed by atoms with Crippen molar-refractivity contribution in [3.05, 3.63) is 127 Å². The number of halogens is 2. The molecule has 14 atom stereocenters. The number of amides is 1. The Bertz CT molecular complexity index is 4100. The van der Waals surface area contributed by atoms with Gasteiger partial charge in [-0.25, -0.2) is 13.4 Å². The zero-order valence-electron chi connectivity index (χ0n) is 66.4. The summed E-state index contributed by atoms with van der Waals surface area (Å²) in [7, 11) is -5.80. The van der Waals surface area contributed by atoms with Crippen LogP contribution >= 0.6 is 10.5 Å². The van der Waals surface area contributed by atoms with Crippen LogP contribution in [0.2, 0.25) is 0 Å². The van der Waals surface area contributed by atoms with E-state index in [1.54, 1.807) is 13.0 Å². The minimum absolute atomic E-state index is 0.0160. The van der Waals surface area contributed by atoms with Crippen LogP contribution in [0.5, 0.6) is 11.5 Å². The predicted octanol–water partition coefficient (Wildman–Crippen LogP) is 20.0. The molecule has 3 aliphatic heterocycles. The number of ether oxygens (including phenoxy) is 6. The van der Waals surface area contributed by atoms with Crippen LogP contribution in [0, 0.1) is 63.1 Å². The van der Waals surface area contributed by atoms with Gasteiger partial charge in [-0.2, -0.15) is 8.78 Å². The van der Waals surface area contributed by atoms with Gasteiger partial charge >= 0.3 is 29.1 Å². The van der Waals surface area contributed by atoms with Gasteiger partial charge in [0.25, 0.3) is 0 Å². The fourth-order valence-electron chi connectivity index (χ4n) is 15.4. The first-order valence-corrected chi connectivity index (χ1v) is 41.3. The number of hydrogen-bond donors (Lipinski definition) is 2. The lowest BCUT2D eigenvalue weighted by Gasteiger charge is -2.46. The van der Waals surface area contributed by atoms with Crippen LogP contribution in [0.1, 0.15) is 227 Å². The van der Waals surface area contributed by atoms with Crippen LogP contribution < -0.4 is 10.1 Å².